The van der Waals surface area contributed by atoms with Gasteiger partial charge in [0.1, 0.15) is 17.2 Å². The maximum Gasteiger partial charge on any atom is 0.120 e. The highest BCUT2D eigenvalue weighted by Gasteiger charge is 2.11. The number of ether oxygens (including phenoxy) is 3. The van der Waals surface area contributed by atoms with E-state index in [1.165, 1.54) is 5.56 Å². The molecule has 0 saturated heterocycles. The second kappa shape index (κ2) is 10.2. The van der Waals surface area contributed by atoms with Gasteiger partial charge in [-0.3, -0.25) is 0 Å². The molecule has 3 aromatic carbocycles. The highest BCUT2D eigenvalue weighted by atomic mass is 79.9. The van der Waals surface area contributed by atoms with Crippen molar-refractivity contribution in [3.05, 3.63) is 87.9 Å². The molecule has 4 nitrogen and oxygen atoms in total. The zero-order valence-corrected chi connectivity index (χ0v) is 19.3. The first-order valence-electron chi connectivity index (χ1n) is 9.57. The van der Waals surface area contributed by atoms with Gasteiger partial charge in [0.05, 0.1) is 21.3 Å². The van der Waals surface area contributed by atoms with Gasteiger partial charge in [-0.25, -0.2) is 0 Å². The Morgan fingerprint density at radius 2 is 1.33 bits per heavy atom. The summed E-state index contributed by atoms with van der Waals surface area (Å²) < 4.78 is 16.9. The van der Waals surface area contributed by atoms with E-state index in [1.807, 2.05) is 42.5 Å². The molecule has 0 aromatic heterocycles. The summed E-state index contributed by atoms with van der Waals surface area (Å²) in [5.41, 5.74) is 4.48. The lowest BCUT2D eigenvalue weighted by molar-refractivity contribution is 0.414. The van der Waals surface area contributed by atoms with E-state index in [0.29, 0.717) is 0 Å². The van der Waals surface area contributed by atoms with E-state index in [2.05, 4.69) is 58.2 Å². The topological polar surface area (TPSA) is 30.9 Å². The number of nitrogens with zero attached hydrogens (tertiary/aromatic N) is 1. The number of hydrogen-bond acceptors (Lipinski definition) is 4. The highest BCUT2D eigenvalue weighted by Crippen LogP contribution is 2.30. The minimum absolute atomic E-state index is 0.760. The lowest BCUT2D eigenvalue weighted by Gasteiger charge is -2.24. The normalized spacial score (nSPS) is 11.2. The average Bonchev–Trinajstić information content (AvgIpc) is 2.78. The number of benzene rings is 3. The van der Waals surface area contributed by atoms with Gasteiger partial charge in [-0.05, 0) is 71.3 Å². The Balaban J connectivity index is 1.97. The summed E-state index contributed by atoms with van der Waals surface area (Å²) in [6.45, 7) is 0.760. The van der Waals surface area contributed by atoms with E-state index in [9.17, 15) is 0 Å². The molecule has 0 heterocycles. The van der Waals surface area contributed by atoms with E-state index >= 15 is 0 Å². The van der Waals surface area contributed by atoms with Crippen LogP contribution in [0, 0.1) is 0 Å². The summed E-state index contributed by atoms with van der Waals surface area (Å²) >= 11 is 3.67. The fraction of sp³-hybridized carbons (Fsp3) is 0.200. The van der Waals surface area contributed by atoms with E-state index in [-0.39, 0.29) is 0 Å². The number of hydrogen-bond donors (Lipinski definition) is 0. The monoisotopic (exact) mass is 467 g/mol. The second-order valence-electron chi connectivity index (χ2n) is 6.85. The van der Waals surface area contributed by atoms with E-state index in [4.69, 9.17) is 14.2 Å². The summed E-state index contributed by atoms with van der Waals surface area (Å²) in [5, 5.41) is 0. The van der Waals surface area contributed by atoms with E-state index in [0.717, 1.165) is 45.1 Å². The van der Waals surface area contributed by atoms with Crippen LogP contribution in [0.1, 0.15) is 16.7 Å². The first-order chi connectivity index (χ1) is 14.5. The molecule has 0 aliphatic rings. The van der Waals surface area contributed by atoms with Crippen LogP contribution < -0.4 is 14.2 Å². The lowest BCUT2D eigenvalue weighted by atomic mass is 10.1. The van der Waals surface area contributed by atoms with Gasteiger partial charge in [0.2, 0.25) is 0 Å². The molecule has 0 amide bonds. The van der Waals surface area contributed by atoms with E-state index < -0.39 is 0 Å². The predicted octanol–water partition coefficient (Wildman–Crippen LogP) is 6.11. The molecule has 0 N–H and O–H groups in total. The summed E-state index contributed by atoms with van der Waals surface area (Å²) in [4.78, 5) is 2.24. The molecule has 0 spiro atoms. The van der Waals surface area contributed by atoms with Crippen molar-refractivity contribution < 1.29 is 14.2 Å². The van der Waals surface area contributed by atoms with Gasteiger partial charge in [0.15, 0.2) is 0 Å². The molecule has 0 unspecified atom stereocenters. The molecule has 3 rings (SSSR count). The zero-order valence-electron chi connectivity index (χ0n) is 17.7. The van der Waals surface area contributed by atoms with Crippen LogP contribution in [0.15, 0.2) is 71.2 Å². The first kappa shape index (κ1) is 21.8. The summed E-state index contributed by atoms with van der Waals surface area (Å²) in [6, 6.07) is 22.2. The summed E-state index contributed by atoms with van der Waals surface area (Å²) in [6.07, 6.45) is 2.18. The van der Waals surface area contributed by atoms with Gasteiger partial charge in [-0.1, -0.05) is 34.1 Å². The Morgan fingerprint density at radius 3 is 1.87 bits per heavy atom. The highest BCUT2D eigenvalue weighted by molar-refractivity contribution is 9.10. The van der Waals surface area contributed by atoms with Gasteiger partial charge < -0.3 is 19.1 Å². The molecule has 3 aromatic rings. The minimum Gasteiger partial charge on any atom is -0.497 e. The van der Waals surface area contributed by atoms with Crippen molar-refractivity contribution >= 4 is 27.7 Å². The Bertz CT molecular complexity index is 998. The minimum atomic E-state index is 0.760. The van der Waals surface area contributed by atoms with Crippen molar-refractivity contribution in [1.29, 1.82) is 0 Å². The Kier molecular flexibility index (Phi) is 7.41. The van der Waals surface area contributed by atoms with Crippen LogP contribution >= 0.6 is 15.9 Å². The molecule has 0 radical (unpaired) electrons. The lowest BCUT2D eigenvalue weighted by Crippen LogP contribution is -2.16. The second-order valence-corrected chi connectivity index (χ2v) is 7.70. The average molecular weight is 468 g/mol. The van der Waals surface area contributed by atoms with Crippen LogP contribution in [-0.2, 0) is 6.54 Å². The van der Waals surface area contributed by atoms with E-state index in [1.54, 1.807) is 21.3 Å². The van der Waals surface area contributed by atoms with Crippen LogP contribution in [0.4, 0.5) is 0 Å². The van der Waals surface area contributed by atoms with Gasteiger partial charge >= 0.3 is 0 Å². The van der Waals surface area contributed by atoms with Gasteiger partial charge in [0, 0.05) is 23.8 Å². The van der Waals surface area contributed by atoms with Crippen LogP contribution in [0.3, 0.4) is 0 Å². The molecule has 30 heavy (non-hydrogen) atoms. The molecule has 0 aliphatic heterocycles. The zero-order chi connectivity index (χ0) is 21.5. The first-order valence-corrected chi connectivity index (χ1v) is 10.4. The van der Waals surface area contributed by atoms with Crippen LogP contribution in [0.2, 0.25) is 0 Å². The summed E-state index contributed by atoms with van der Waals surface area (Å²) in [7, 11) is 7.12. The molecule has 0 atom stereocenters. The van der Waals surface area contributed by atoms with Crippen molar-refractivity contribution in [2.24, 2.45) is 0 Å². The Hall–Kier alpha value is -2.92. The predicted molar refractivity (Wildman–Crippen MR) is 126 cm³/mol. The van der Waals surface area contributed by atoms with Crippen molar-refractivity contribution in [3.63, 3.8) is 0 Å². The Morgan fingerprint density at radius 1 is 0.800 bits per heavy atom. The molecule has 5 heteroatoms. The number of methoxy groups -OCH3 is 3. The third kappa shape index (κ3) is 5.36. The van der Waals surface area contributed by atoms with Gasteiger partial charge in [-0.2, -0.15) is 0 Å². The Labute approximate surface area is 186 Å². The van der Waals surface area contributed by atoms with Gasteiger partial charge in [0.25, 0.3) is 0 Å². The maximum absolute atomic E-state index is 5.33. The fourth-order valence-corrected chi connectivity index (χ4v) is 3.64. The maximum atomic E-state index is 5.33. The van der Waals surface area contributed by atoms with Crippen LogP contribution in [-0.4, -0.2) is 33.3 Å². The van der Waals surface area contributed by atoms with Crippen molar-refractivity contribution in [1.82, 2.24) is 4.90 Å². The summed E-state index contributed by atoms with van der Waals surface area (Å²) in [5.74, 6) is 2.51. The molecule has 0 aliphatic carbocycles. The van der Waals surface area contributed by atoms with Crippen LogP contribution in [0.25, 0.3) is 11.8 Å². The molecule has 0 bridgehead atoms. The standard InChI is InChI=1S/C25H26BrNO3/c1-27(17-18-5-10-21(28-2)11-6-18)25(19-7-12-22(29-3)13-8-19)15-20-9-14-23(30-4)16-24(20)26/h5-16H,17H2,1-4H3/b25-15+. The quantitative estimate of drug-likeness (QED) is 0.374. The molecule has 0 saturated carbocycles. The molecular formula is C25H26BrNO3. The third-order valence-corrected chi connectivity index (χ3v) is 5.56. The smallest absolute Gasteiger partial charge is 0.120 e. The SMILES string of the molecule is COc1ccc(CN(C)/C(=C/c2ccc(OC)cc2Br)c2ccc(OC)cc2)cc1. The van der Waals surface area contributed by atoms with Crippen molar-refractivity contribution in [2.75, 3.05) is 28.4 Å². The molecule has 0 fully saturated rings. The number of halogens is 1. The van der Waals surface area contributed by atoms with Gasteiger partial charge in [-0.15, -0.1) is 0 Å². The van der Waals surface area contributed by atoms with Crippen molar-refractivity contribution in [2.45, 2.75) is 6.54 Å². The third-order valence-electron chi connectivity index (χ3n) is 4.88. The molecule has 156 valence electrons. The molecular weight excluding hydrogens is 442 g/mol. The number of rotatable bonds is 8. The largest absolute Gasteiger partial charge is 0.497 e. The fourth-order valence-electron chi connectivity index (χ4n) is 3.16. The van der Waals surface area contributed by atoms with Crippen molar-refractivity contribution in [3.8, 4) is 17.2 Å². The van der Waals surface area contributed by atoms with Crippen LogP contribution in [0.5, 0.6) is 17.2 Å².